The van der Waals surface area contributed by atoms with Gasteiger partial charge in [0.15, 0.2) is 0 Å². The van der Waals surface area contributed by atoms with Crippen molar-refractivity contribution in [2.24, 2.45) is 0 Å². The van der Waals surface area contributed by atoms with Gasteiger partial charge >= 0.3 is 0 Å². The van der Waals surface area contributed by atoms with Gasteiger partial charge in [-0.1, -0.05) is 11.6 Å². The van der Waals surface area contributed by atoms with Crippen LogP contribution in [-0.4, -0.2) is 10.2 Å². The number of carbonyl (C=O) groups excluding carboxylic acids is 1. The molecule has 0 fully saturated rings. The molecule has 0 atom stereocenters. The van der Waals surface area contributed by atoms with E-state index in [1.165, 1.54) is 0 Å². The Kier molecular flexibility index (Phi) is 2.42. The first kappa shape index (κ1) is 8.43. The van der Waals surface area contributed by atoms with E-state index in [4.69, 9.17) is 23.2 Å². The molecule has 0 aliphatic rings. The van der Waals surface area contributed by atoms with E-state index in [0.29, 0.717) is 0 Å². The summed E-state index contributed by atoms with van der Waals surface area (Å²) in [6.45, 7) is 0. The lowest BCUT2D eigenvalue weighted by Crippen LogP contribution is -1.93. The Hall–Kier alpha value is -0.670. The van der Waals surface area contributed by atoms with Gasteiger partial charge in [0.25, 0.3) is 5.24 Å². The van der Waals surface area contributed by atoms with Crippen molar-refractivity contribution in [2.45, 2.75) is 0 Å². The maximum absolute atomic E-state index is 12.4. The summed E-state index contributed by atoms with van der Waals surface area (Å²) in [5.74, 6) is -0.640. The highest BCUT2D eigenvalue weighted by Crippen LogP contribution is 2.15. The Morgan fingerprint density at radius 1 is 1.64 bits per heavy atom. The third kappa shape index (κ3) is 1.88. The summed E-state index contributed by atoms with van der Waals surface area (Å²) >= 11 is 10.5. The van der Waals surface area contributed by atoms with Crippen LogP contribution in [0.15, 0.2) is 12.3 Å². The molecule has 0 amide bonds. The summed E-state index contributed by atoms with van der Waals surface area (Å²) in [7, 11) is 0. The van der Waals surface area contributed by atoms with Crippen LogP contribution in [0.5, 0.6) is 0 Å². The molecule has 2 nitrogen and oxygen atoms in total. The maximum atomic E-state index is 12.4. The van der Waals surface area contributed by atoms with Gasteiger partial charge in [-0.2, -0.15) is 0 Å². The molecule has 5 heteroatoms. The van der Waals surface area contributed by atoms with E-state index in [-0.39, 0.29) is 10.7 Å². The second-order valence-electron chi connectivity index (χ2n) is 1.77. The number of hydrogen-bond donors (Lipinski definition) is 0. The van der Waals surface area contributed by atoms with E-state index in [1.807, 2.05) is 0 Å². The average Bonchev–Trinajstić information content (AvgIpc) is 1.94. The smallest absolute Gasteiger partial charge is 0.255 e. The van der Waals surface area contributed by atoms with Crippen molar-refractivity contribution in [2.75, 3.05) is 0 Å². The zero-order valence-corrected chi connectivity index (χ0v) is 6.66. The molecule has 1 heterocycles. The summed E-state index contributed by atoms with van der Waals surface area (Å²) in [6.07, 6.45) is 0.908. The molecule has 11 heavy (non-hydrogen) atoms. The summed E-state index contributed by atoms with van der Waals surface area (Å²) < 4.78 is 12.4. The Labute approximate surface area is 71.9 Å². The molecule has 0 aromatic carbocycles. The van der Waals surface area contributed by atoms with Crippen molar-refractivity contribution in [3.05, 3.63) is 28.8 Å². The van der Waals surface area contributed by atoms with Gasteiger partial charge in [0.05, 0.1) is 11.8 Å². The van der Waals surface area contributed by atoms with E-state index in [1.54, 1.807) is 0 Å². The molecule has 0 aliphatic carbocycles. The number of hydrogen-bond acceptors (Lipinski definition) is 2. The lowest BCUT2D eigenvalue weighted by atomic mass is 10.3. The molecule has 0 saturated carbocycles. The van der Waals surface area contributed by atoms with Gasteiger partial charge in [-0.15, -0.1) is 0 Å². The number of nitrogens with zero attached hydrogens (tertiary/aromatic N) is 1. The third-order valence-corrected chi connectivity index (χ3v) is 1.52. The molecule has 0 N–H and O–H groups in total. The van der Waals surface area contributed by atoms with Crippen LogP contribution in [0.4, 0.5) is 4.39 Å². The molecule has 0 bridgehead atoms. The predicted octanol–water partition coefficient (Wildman–Crippen LogP) is 2.25. The SMILES string of the molecule is O=C(Cl)c1cc(F)cnc1Cl. The molecule has 1 aromatic rings. The Bertz CT molecular complexity index is 303. The highest BCUT2D eigenvalue weighted by atomic mass is 35.5. The van der Waals surface area contributed by atoms with Crippen molar-refractivity contribution >= 4 is 28.4 Å². The van der Waals surface area contributed by atoms with Crippen molar-refractivity contribution in [1.29, 1.82) is 0 Å². The Balaban J connectivity index is 3.23. The largest absolute Gasteiger partial charge is 0.275 e. The monoisotopic (exact) mass is 193 g/mol. The topological polar surface area (TPSA) is 30.0 Å². The van der Waals surface area contributed by atoms with Crippen molar-refractivity contribution < 1.29 is 9.18 Å². The number of pyridine rings is 1. The van der Waals surface area contributed by atoms with Gasteiger partial charge < -0.3 is 0 Å². The average molecular weight is 194 g/mol. The summed E-state index contributed by atoms with van der Waals surface area (Å²) in [6, 6.07) is 0.935. The number of rotatable bonds is 1. The summed E-state index contributed by atoms with van der Waals surface area (Å²) in [4.78, 5) is 13.9. The summed E-state index contributed by atoms with van der Waals surface area (Å²) in [5, 5.41) is -0.909. The van der Waals surface area contributed by atoms with Crippen molar-refractivity contribution in [1.82, 2.24) is 4.98 Å². The minimum Gasteiger partial charge on any atom is -0.275 e. The van der Waals surface area contributed by atoms with Gasteiger partial charge in [0, 0.05) is 0 Å². The minimum atomic E-state index is -0.818. The van der Waals surface area contributed by atoms with Crippen LogP contribution in [0.1, 0.15) is 10.4 Å². The van der Waals surface area contributed by atoms with E-state index in [2.05, 4.69) is 4.98 Å². The van der Waals surface area contributed by atoms with E-state index < -0.39 is 11.1 Å². The minimum absolute atomic E-state index is 0.0913. The second kappa shape index (κ2) is 3.15. The van der Waals surface area contributed by atoms with Gasteiger partial charge in [0.1, 0.15) is 11.0 Å². The van der Waals surface area contributed by atoms with Crippen LogP contribution in [-0.2, 0) is 0 Å². The zero-order valence-electron chi connectivity index (χ0n) is 5.14. The predicted molar refractivity (Wildman–Crippen MR) is 39.4 cm³/mol. The molecule has 0 radical (unpaired) electrons. The first-order chi connectivity index (χ1) is 5.11. The van der Waals surface area contributed by atoms with Crippen LogP contribution < -0.4 is 0 Å². The van der Waals surface area contributed by atoms with Gasteiger partial charge in [-0.05, 0) is 17.7 Å². The second-order valence-corrected chi connectivity index (χ2v) is 2.47. The molecular weight excluding hydrogens is 192 g/mol. The van der Waals surface area contributed by atoms with Crippen molar-refractivity contribution in [3.8, 4) is 0 Å². The molecule has 0 aliphatic heterocycles. The fraction of sp³-hybridized carbons (Fsp3) is 0. The molecule has 1 aromatic heterocycles. The van der Waals surface area contributed by atoms with E-state index in [0.717, 1.165) is 12.3 Å². The first-order valence-corrected chi connectivity index (χ1v) is 3.37. The molecule has 1 rings (SSSR count). The molecular formula is C6H2Cl2FNO. The highest BCUT2D eigenvalue weighted by molar-refractivity contribution is 6.68. The summed E-state index contributed by atoms with van der Waals surface area (Å²) in [5.41, 5.74) is -0.117. The van der Waals surface area contributed by atoms with E-state index >= 15 is 0 Å². The lowest BCUT2D eigenvalue weighted by molar-refractivity contribution is 0.108. The number of halogens is 3. The molecule has 58 valence electrons. The number of aromatic nitrogens is 1. The van der Waals surface area contributed by atoms with Crippen molar-refractivity contribution in [3.63, 3.8) is 0 Å². The fourth-order valence-electron chi connectivity index (χ4n) is 0.560. The molecule has 0 unspecified atom stereocenters. The van der Waals surface area contributed by atoms with Gasteiger partial charge in [0.2, 0.25) is 0 Å². The van der Waals surface area contributed by atoms with Crippen LogP contribution in [0.2, 0.25) is 5.15 Å². The molecule has 0 spiro atoms. The van der Waals surface area contributed by atoms with Crippen LogP contribution >= 0.6 is 23.2 Å². The molecule has 0 saturated heterocycles. The normalized spacial score (nSPS) is 9.73. The quantitative estimate of drug-likeness (QED) is 0.506. The van der Waals surface area contributed by atoms with Crippen LogP contribution in [0, 0.1) is 5.82 Å². The Morgan fingerprint density at radius 2 is 2.27 bits per heavy atom. The van der Waals surface area contributed by atoms with Gasteiger partial charge in [-0.3, -0.25) is 4.79 Å². The maximum Gasteiger partial charge on any atom is 0.255 e. The standard InChI is InChI=1S/C6H2Cl2FNO/c7-5-4(6(8)11)1-3(9)2-10-5/h1-2H. The number of carbonyl (C=O) groups is 1. The highest BCUT2D eigenvalue weighted by Gasteiger charge is 2.09. The van der Waals surface area contributed by atoms with Gasteiger partial charge in [-0.25, -0.2) is 9.37 Å². The Morgan fingerprint density at radius 3 is 2.73 bits per heavy atom. The van der Waals surface area contributed by atoms with Crippen LogP contribution in [0.25, 0.3) is 0 Å². The van der Waals surface area contributed by atoms with E-state index in [9.17, 15) is 9.18 Å². The third-order valence-electron chi connectivity index (χ3n) is 1.02. The van der Waals surface area contributed by atoms with Crippen LogP contribution in [0.3, 0.4) is 0 Å². The fourth-order valence-corrected chi connectivity index (χ4v) is 0.942. The first-order valence-electron chi connectivity index (χ1n) is 2.62. The zero-order chi connectivity index (χ0) is 8.43. The lowest BCUT2D eigenvalue weighted by Gasteiger charge is -1.95.